The van der Waals surface area contributed by atoms with E-state index in [2.05, 4.69) is 74.9 Å². The summed E-state index contributed by atoms with van der Waals surface area (Å²) in [4.78, 5) is 14.6. The highest BCUT2D eigenvalue weighted by molar-refractivity contribution is 5.67. The van der Waals surface area contributed by atoms with E-state index >= 15 is 0 Å². The van der Waals surface area contributed by atoms with Crippen molar-refractivity contribution in [3.63, 3.8) is 0 Å². The molecule has 2 aromatic rings. The second kappa shape index (κ2) is 9.55. The summed E-state index contributed by atoms with van der Waals surface area (Å²) in [5.74, 6) is 3.86. The fraction of sp³-hybridized carbons (Fsp3) is 0.615. The van der Waals surface area contributed by atoms with E-state index in [9.17, 15) is 0 Å². The van der Waals surface area contributed by atoms with Gasteiger partial charge in [0.1, 0.15) is 18.2 Å². The number of anilines is 3. The Kier molecular flexibility index (Phi) is 6.77. The van der Waals surface area contributed by atoms with E-state index in [0.29, 0.717) is 23.9 Å². The second-order valence-electron chi connectivity index (χ2n) is 9.93. The number of aromatic nitrogens is 2. The first kappa shape index (κ1) is 22.7. The first-order valence-electron chi connectivity index (χ1n) is 12.3. The van der Waals surface area contributed by atoms with E-state index in [1.165, 1.54) is 11.3 Å². The molecule has 1 aromatic heterocycles. The quantitative estimate of drug-likeness (QED) is 0.625. The van der Waals surface area contributed by atoms with E-state index in [-0.39, 0.29) is 0 Å². The summed E-state index contributed by atoms with van der Waals surface area (Å²) in [6.07, 6.45) is 4.13. The van der Waals surface area contributed by atoms with Crippen LogP contribution in [0, 0.1) is 0 Å². The Balaban J connectivity index is 1.45. The van der Waals surface area contributed by atoms with Crippen molar-refractivity contribution >= 4 is 17.2 Å². The number of rotatable bonds is 7. The van der Waals surface area contributed by atoms with Crippen LogP contribution in [0.1, 0.15) is 77.6 Å². The maximum Gasteiger partial charge on any atom is 0.156 e. The average molecular weight is 438 g/mol. The van der Waals surface area contributed by atoms with Gasteiger partial charge in [-0.1, -0.05) is 26.8 Å². The minimum absolute atomic E-state index is 0.321. The Morgan fingerprint density at radius 2 is 1.84 bits per heavy atom. The van der Waals surface area contributed by atoms with Crippen molar-refractivity contribution in [1.82, 2.24) is 9.97 Å². The third-order valence-corrected chi connectivity index (χ3v) is 6.89. The number of hydrogen-bond acceptors (Lipinski definition) is 6. The van der Waals surface area contributed by atoms with Gasteiger partial charge in [-0.3, -0.25) is 0 Å². The van der Waals surface area contributed by atoms with Crippen LogP contribution in [0.15, 0.2) is 24.4 Å². The van der Waals surface area contributed by atoms with Crippen molar-refractivity contribution in [2.24, 2.45) is 0 Å². The molecule has 2 atom stereocenters. The van der Waals surface area contributed by atoms with Gasteiger partial charge >= 0.3 is 0 Å². The van der Waals surface area contributed by atoms with Gasteiger partial charge < -0.3 is 19.9 Å². The van der Waals surface area contributed by atoms with Gasteiger partial charge in [0, 0.05) is 31.1 Å². The Bertz CT molecular complexity index is 928. The monoisotopic (exact) mass is 437 g/mol. The smallest absolute Gasteiger partial charge is 0.156 e. The molecule has 0 fully saturated rings. The molecule has 6 heteroatoms. The molecule has 0 saturated heterocycles. The molecule has 6 nitrogen and oxygen atoms in total. The van der Waals surface area contributed by atoms with Crippen LogP contribution in [-0.2, 0) is 0 Å². The number of nitrogens with zero attached hydrogens (tertiary/aromatic N) is 4. The molecule has 2 aliphatic heterocycles. The van der Waals surface area contributed by atoms with Crippen LogP contribution in [0.3, 0.4) is 0 Å². The highest BCUT2D eigenvalue weighted by Gasteiger charge is 2.25. The number of benzene rings is 1. The van der Waals surface area contributed by atoms with Gasteiger partial charge in [-0.2, -0.15) is 0 Å². The van der Waals surface area contributed by atoms with Crippen LogP contribution in [0.2, 0.25) is 0 Å². The van der Waals surface area contributed by atoms with Gasteiger partial charge in [-0.25, -0.2) is 9.97 Å². The standard InChI is InChI=1S/C26H39N5O/c1-17(2)21-9-10-24-23(15-21)31(13-14-32-24)20(6)8-7-19(5)25-28-16-22-26(29-25)30(18(3)4)12-11-27-22/h9-10,15-20,27H,7-8,11-14H2,1-6H3. The zero-order valence-corrected chi connectivity index (χ0v) is 20.6. The van der Waals surface area contributed by atoms with Crippen LogP contribution in [0.5, 0.6) is 5.75 Å². The zero-order chi connectivity index (χ0) is 22.8. The van der Waals surface area contributed by atoms with E-state index in [1.807, 2.05) is 6.20 Å². The largest absolute Gasteiger partial charge is 0.490 e. The molecule has 32 heavy (non-hydrogen) atoms. The molecule has 2 unspecified atom stereocenters. The fourth-order valence-corrected chi connectivity index (χ4v) is 4.74. The summed E-state index contributed by atoms with van der Waals surface area (Å²) >= 11 is 0. The van der Waals surface area contributed by atoms with Gasteiger partial charge in [-0.05, 0) is 57.2 Å². The predicted molar refractivity (Wildman–Crippen MR) is 133 cm³/mol. The lowest BCUT2D eigenvalue weighted by Crippen LogP contribution is -2.40. The van der Waals surface area contributed by atoms with Crippen molar-refractivity contribution < 1.29 is 4.74 Å². The average Bonchev–Trinajstić information content (AvgIpc) is 2.80. The lowest BCUT2D eigenvalue weighted by Gasteiger charge is -2.37. The van der Waals surface area contributed by atoms with Gasteiger partial charge in [0.2, 0.25) is 0 Å². The molecule has 1 aromatic carbocycles. The van der Waals surface area contributed by atoms with Gasteiger partial charge in [0.25, 0.3) is 0 Å². The second-order valence-corrected chi connectivity index (χ2v) is 9.93. The van der Waals surface area contributed by atoms with E-state index in [4.69, 9.17) is 14.7 Å². The third kappa shape index (κ3) is 4.64. The summed E-state index contributed by atoms with van der Waals surface area (Å²) in [6, 6.07) is 7.53. The summed E-state index contributed by atoms with van der Waals surface area (Å²) in [5, 5.41) is 3.44. The van der Waals surface area contributed by atoms with Crippen LogP contribution in [0.25, 0.3) is 0 Å². The van der Waals surface area contributed by atoms with Crippen LogP contribution < -0.4 is 19.9 Å². The maximum absolute atomic E-state index is 5.94. The predicted octanol–water partition coefficient (Wildman–Crippen LogP) is 5.41. The van der Waals surface area contributed by atoms with E-state index < -0.39 is 0 Å². The van der Waals surface area contributed by atoms with Crippen molar-refractivity contribution in [2.75, 3.05) is 41.4 Å². The molecule has 3 heterocycles. The maximum atomic E-state index is 5.94. The number of nitrogens with one attached hydrogen (secondary N) is 1. The zero-order valence-electron chi connectivity index (χ0n) is 20.6. The number of fused-ring (bicyclic) bond motifs is 2. The Morgan fingerprint density at radius 3 is 2.59 bits per heavy atom. The summed E-state index contributed by atoms with van der Waals surface area (Å²) in [6.45, 7) is 17.2. The molecule has 0 bridgehead atoms. The molecule has 2 aliphatic rings. The Hall–Kier alpha value is -2.50. The number of ether oxygens (including phenoxy) is 1. The molecule has 0 radical (unpaired) electrons. The normalized spacial score (nSPS) is 17.5. The minimum atomic E-state index is 0.321. The van der Waals surface area contributed by atoms with Gasteiger partial charge in [0.05, 0.1) is 24.1 Å². The molecule has 0 amide bonds. The van der Waals surface area contributed by atoms with E-state index in [0.717, 1.165) is 62.2 Å². The highest BCUT2D eigenvalue weighted by atomic mass is 16.5. The third-order valence-electron chi connectivity index (χ3n) is 6.89. The molecule has 0 spiro atoms. The van der Waals surface area contributed by atoms with E-state index in [1.54, 1.807) is 0 Å². The van der Waals surface area contributed by atoms with Crippen molar-refractivity contribution in [1.29, 1.82) is 0 Å². The minimum Gasteiger partial charge on any atom is -0.490 e. The van der Waals surface area contributed by atoms with Crippen molar-refractivity contribution in [3.05, 3.63) is 35.8 Å². The van der Waals surface area contributed by atoms with Gasteiger partial charge in [0.15, 0.2) is 5.82 Å². The molecular formula is C26H39N5O. The molecule has 4 rings (SSSR count). The van der Waals surface area contributed by atoms with Crippen LogP contribution >= 0.6 is 0 Å². The number of hydrogen-bond donors (Lipinski definition) is 1. The molecule has 0 saturated carbocycles. The SMILES string of the molecule is CC(C)c1ccc2c(c1)N(C(C)CCC(C)c1ncc3c(n1)N(C(C)C)CCN3)CCO2. The van der Waals surface area contributed by atoms with Gasteiger partial charge in [-0.15, -0.1) is 0 Å². The van der Waals surface area contributed by atoms with Crippen LogP contribution in [-0.4, -0.2) is 48.3 Å². The summed E-state index contributed by atoms with van der Waals surface area (Å²) in [7, 11) is 0. The van der Waals surface area contributed by atoms with Crippen molar-refractivity contribution in [3.8, 4) is 5.75 Å². The molecule has 0 aliphatic carbocycles. The topological polar surface area (TPSA) is 53.5 Å². The lowest BCUT2D eigenvalue weighted by molar-refractivity contribution is 0.298. The summed E-state index contributed by atoms with van der Waals surface area (Å²) in [5.41, 5.74) is 3.66. The Labute approximate surface area is 193 Å². The first-order valence-corrected chi connectivity index (χ1v) is 12.3. The summed E-state index contributed by atoms with van der Waals surface area (Å²) < 4.78 is 5.94. The molecule has 1 N–H and O–H groups in total. The fourth-order valence-electron chi connectivity index (χ4n) is 4.74. The molecule has 174 valence electrons. The highest BCUT2D eigenvalue weighted by Crippen LogP contribution is 2.37. The van der Waals surface area contributed by atoms with Crippen LogP contribution in [0.4, 0.5) is 17.2 Å². The Morgan fingerprint density at radius 1 is 1.03 bits per heavy atom. The lowest BCUT2D eigenvalue weighted by atomic mass is 9.98. The molecular weight excluding hydrogens is 398 g/mol. The van der Waals surface area contributed by atoms with Crippen molar-refractivity contribution in [2.45, 2.75) is 78.3 Å². The first-order chi connectivity index (χ1) is 15.3.